The van der Waals surface area contributed by atoms with Crippen molar-refractivity contribution in [2.75, 3.05) is 18.9 Å². The molecule has 1 amide bonds. The van der Waals surface area contributed by atoms with Gasteiger partial charge in [-0.15, -0.1) is 0 Å². The summed E-state index contributed by atoms with van der Waals surface area (Å²) >= 11 is 0. The maximum absolute atomic E-state index is 13.4. The van der Waals surface area contributed by atoms with Gasteiger partial charge in [0.05, 0.1) is 12.5 Å². The number of anilines is 1. The molecule has 1 aromatic rings. The number of likely N-dealkylation sites (N-methyl/N-ethyl adjacent to an activating group) is 1. The van der Waals surface area contributed by atoms with E-state index in [-0.39, 0.29) is 24.7 Å². The molecule has 0 spiro atoms. The Kier molecular flexibility index (Phi) is 5.64. The van der Waals surface area contributed by atoms with Gasteiger partial charge in [-0.3, -0.25) is 14.5 Å². The van der Waals surface area contributed by atoms with Crippen molar-refractivity contribution in [1.82, 2.24) is 4.90 Å². The van der Waals surface area contributed by atoms with Crippen LogP contribution in [0.25, 0.3) is 0 Å². The fourth-order valence-corrected chi connectivity index (χ4v) is 1.58. The van der Waals surface area contributed by atoms with E-state index >= 15 is 0 Å². The lowest BCUT2D eigenvalue weighted by Gasteiger charge is -2.23. The molecule has 0 saturated carbocycles. The van der Waals surface area contributed by atoms with Crippen LogP contribution in [0.5, 0.6) is 0 Å². The molecule has 110 valence electrons. The van der Waals surface area contributed by atoms with Crippen molar-refractivity contribution in [3.8, 4) is 0 Å². The molecule has 0 radical (unpaired) electrons. The molecule has 0 aliphatic rings. The number of benzene rings is 1. The number of rotatable bonds is 6. The number of carbonyl (C=O) groups is 2. The third-order valence-electron chi connectivity index (χ3n) is 3.16. The van der Waals surface area contributed by atoms with Crippen LogP contribution in [0.3, 0.4) is 0 Å². The van der Waals surface area contributed by atoms with Gasteiger partial charge in [-0.1, -0.05) is 6.07 Å². The first kappa shape index (κ1) is 16.1. The highest BCUT2D eigenvalue weighted by Gasteiger charge is 2.18. The summed E-state index contributed by atoms with van der Waals surface area (Å²) in [5.74, 6) is -1.60. The van der Waals surface area contributed by atoms with Crippen LogP contribution in [0.1, 0.15) is 18.9 Å². The Morgan fingerprint density at radius 2 is 2.10 bits per heavy atom. The molecule has 2 N–H and O–H groups in total. The van der Waals surface area contributed by atoms with Gasteiger partial charge >= 0.3 is 5.97 Å². The second-order valence-electron chi connectivity index (χ2n) is 4.75. The first-order chi connectivity index (χ1) is 9.31. The normalized spacial score (nSPS) is 12.2. The number of nitrogens with zero attached hydrogens (tertiary/aromatic N) is 1. The Morgan fingerprint density at radius 1 is 1.45 bits per heavy atom. The van der Waals surface area contributed by atoms with Gasteiger partial charge in [-0.2, -0.15) is 0 Å². The lowest BCUT2D eigenvalue weighted by molar-refractivity contribution is -0.137. The Hall–Kier alpha value is -1.95. The molecule has 0 aromatic heterocycles. The van der Waals surface area contributed by atoms with Crippen LogP contribution in [0.4, 0.5) is 10.1 Å². The number of carbonyl (C=O) groups excluding carboxylic acids is 1. The SMILES string of the molecule is Cc1ccc(NC(=O)C(C)N(C)CCC(=O)O)cc1F. The quantitative estimate of drug-likeness (QED) is 0.835. The van der Waals surface area contributed by atoms with E-state index in [1.165, 1.54) is 6.07 Å². The zero-order valence-corrected chi connectivity index (χ0v) is 11.8. The summed E-state index contributed by atoms with van der Waals surface area (Å²) in [6.07, 6.45) is -0.0344. The molecule has 0 saturated heterocycles. The predicted octanol–water partition coefficient (Wildman–Crippen LogP) is 1.87. The summed E-state index contributed by atoms with van der Waals surface area (Å²) in [7, 11) is 1.67. The number of aryl methyl sites for hydroxylation is 1. The van der Waals surface area contributed by atoms with Crippen LogP contribution in [-0.4, -0.2) is 41.5 Å². The van der Waals surface area contributed by atoms with Gasteiger partial charge in [-0.05, 0) is 38.6 Å². The highest BCUT2D eigenvalue weighted by molar-refractivity contribution is 5.94. The molecule has 1 atom stereocenters. The summed E-state index contributed by atoms with van der Waals surface area (Å²) in [6, 6.07) is 3.97. The van der Waals surface area contributed by atoms with Crippen LogP contribution in [0.2, 0.25) is 0 Å². The molecule has 0 aliphatic heterocycles. The van der Waals surface area contributed by atoms with Crippen molar-refractivity contribution in [1.29, 1.82) is 0 Å². The van der Waals surface area contributed by atoms with E-state index in [4.69, 9.17) is 5.11 Å². The average molecular weight is 282 g/mol. The maximum atomic E-state index is 13.4. The number of carboxylic acids is 1. The largest absolute Gasteiger partial charge is 0.481 e. The van der Waals surface area contributed by atoms with Gasteiger partial charge in [0.1, 0.15) is 5.82 Å². The van der Waals surface area contributed by atoms with Gasteiger partial charge in [-0.25, -0.2) is 4.39 Å². The fraction of sp³-hybridized carbons (Fsp3) is 0.429. The molecule has 1 aromatic carbocycles. The van der Waals surface area contributed by atoms with Gasteiger partial charge in [0.2, 0.25) is 5.91 Å². The van der Waals surface area contributed by atoms with Crippen molar-refractivity contribution >= 4 is 17.6 Å². The number of hydrogen-bond acceptors (Lipinski definition) is 3. The molecular weight excluding hydrogens is 263 g/mol. The topological polar surface area (TPSA) is 69.6 Å². The smallest absolute Gasteiger partial charge is 0.304 e. The van der Waals surface area contributed by atoms with E-state index in [1.807, 2.05) is 0 Å². The van der Waals surface area contributed by atoms with E-state index < -0.39 is 12.0 Å². The van der Waals surface area contributed by atoms with Crippen molar-refractivity contribution in [3.63, 3.8) is 0 Å². The van der Waals surface area contributed by atoms with Crippen LogP contribution < -0.4 is 5.32 Å². The first-order valence-electron chi connectivity index (χ1n) is 6.30. The van der Waals surface area contributed by atoms with E-state index in [2.05, 4.69) is 5.32 Å². The zero-order chi connectivity index (χ0) is 15.3. The third kappa shape index (κ3) is 4.62. The molecule has 5 nitrogen and oxygen atoms in total. The van der Waals surface area contributed by atoms with Crippen LogP contribution in [0.15, 0.2) is 18.2 Å². The van der Waals surface area contributed by atoms with Crippen LogP contribution >= 0.6 is 0 Å². The fourth-order valence-electron chi connectivity index (χ4n) is 1.58. The molecule has 0 fully saturated rings. The number of amides is 1. The minimum atomic E-state index is -0.912. The number of hydrogen-bond donors (Lipinski definition) is 2. The Bertz CT molecular complexity index is 505. The summed E-state index contributed by atoms with van der Waals surface area (Å²) < 4.78 is 13.4. The van der Waals surface area contributed by atoms with E-state index in [0.717, 1.165) is 0 Å². The second-order valence-corrected chi connectivity index (χ2v) is 4.75. The Balaban J connectivity index is 2.60. The summed E-state index contributed by atoms with van der Waals surface area (Å²) in [6.45, 7) is 3.58. The van der Waals surface area contributed by atoms with Crippen molar-refractivity contribution in [2.45, 2.75) is 26.3 Å². The van der Waals surface area contributed by atoms with E-state index in [9.17, 15) is 14.0 Å². The molecule has 0 bridgehead atoms. The zero-order valence-electron chi connectivity index (χ0n) is 11.8. The molecule has 1 unspecified atom stereocenters. The second kappa shape index (κ2) is 7.00. The molecule has 20 heavy (non-hydrogen) atoms. The van der Waals surface area contributed by atoms with Crippen molar-refractivity contribution in [3.05, 3.63) is 29.6 Å². The van der Waals surface area contributed by atoms with Gasteiger partial charge < -0.3 is 10.4 Å². The maximum Gasteiger partial charge on any atom is 0.304 e. The number of aliphatic carboxylic acids is 1. The first-order valence-corrected chi connectivity index (χ1v) is 6.30. The summed E-state index contributed by atoms with van der Waals surface area (Å²) in [5, 5.41) is 11.2. The predicted molar refractivity (Wildman–Crippen MR) is 74.1 cm³/mol. The Labute approximate surface area is 117 Å². The number of carboxylic acid groups (broad SMARTS) is 1. The standard InChI is InChI=1S/C14H19FN2O3/c1-9-4-5-11(8-12(9)15)16-14(20)10(2)17(3)7-6-13(18)19/h4-5,8,10H,6-7H2,1-3H3,(H,16,20)(H,18,19). The average Bonchev–Trinajstić information content (AvgIpc) is 2.39. The molecular formula is C14H19FN2O3. The van der Waals surface area contributed by atoms with Gasteiger partial charge in [0.25, 0.3) is 0 Å². The number of nitrogens with one attached hydrogen (secondary N) is 1. The molecule has 1 rings (SSSR count). The van der Waals surface area contributed by atoms with Crippen molar-refractivity contribution < 1.29 is 19.1 Å². The minimum Gasteiger partial charge on any atom is -0.481 e. The lowest BCUT2D eigenvalue weighted by atomic mass is 10.2. The third-order valence-corrected chi connectivity index (χ3v) is 3.16. The van der Waals surface area contributed by atoms with E-state index in [0.29, 0.717) is 11.3 Å². The summed E-state index contributed by atoms with van der Waals surface area (Å²) in [4.78, 5) is 24.1. The minimum absolute atomic E-state index is 0.0344. The Morgan fingerprint density at radius 3 is 2.65 bits per heavy atom. The van der Waals surface area contributed by atoms with E-state index in [1.54, 1.807) is 37.9 Å². The van der Waals surface area contributed by atoms with Crippen LogP contribution in [0, 0.1) is 12.7 Å². The molecule has 0 aliphatic carbocycles. The highest BCUT2D eigenvalue weighted by Crippen LogP contribution is 2.14. The molecule has 6 heteroatoms. The van der Waals surface area contributed by atoms with Crippen LogP contribution in [-0.2, 0) is 9.59 Å². The van der Waals surface area contributed by atoms with Crippen molar-refractivity contribution in [2.24, 2.45) is 0 Å². The molecule has 0 heterocycles. The van der Waals surface area contributed by atoms with Gasteiger partial charge in [0, 0.05) is 12.2 Å². The number of halogens is 1. The monoisotopic (exact) mass is 282 g/mol. The lowest BCUT2D eigenvalue weighted by Crippen LogP contribution is -2.40. The highest BCUT2D eigenvalue weighted by atomic mass is 19.1. The van der Waals surface area contributed by atoms with Gasteiger partial charge in [0.15, 0.2) is 0 Å². The summed E-state index contributed by atoms with van der Waals surface area (Å²) in [5.41, 5.74) is 0.895.